The second-order valence-corrected chi connectivity index (χ2v) is 10.2. The van der Waals surface area contributed by atoms with Gasteiger partial charge in [-0.05, 0) is 48.9 Å². The molecule has 0 radical (unpaired) electrons. The van der Waals surface area contributed by atoms with Crippen molar-refractivity contribution in [3.05, 3.63) is 90.0 Å². The van der Waals surface area contributed by atoms with E-state index in [1.54, 1.807) is 54.6 Å². The topological polar surface area (TPSA) is 72.9 Å². The molecule has 1 aliphatic heterocycles. The molecule has 6 nitrogen and oxygen atoms in total. The maximum absolute atomic E-state index is 13.0. The normalized spacial score (nSPS) is 14.6. The molecule has 4 rings (SSSR count). The number of carbonyl (C=O) groups is 1. The van der Waals surface area contributed by atoms with Crippen molar-refractivity contribution in [1.29, 1.82) is 0 Å². The third-order valence-electron chi connectivity index (χ3n) is 5.83. The Balaban J connectivity index is 1.33. The minimum Gasteiger partial charge on any atom is -0.490 e. The number of nitrogens with zero attached hydrogens (tertiary/aromatic N) is 1. The fourth-order valence-corrected chi connectivity index (χ4v) is 5.41. The highest BCUT2D eigenvalue weighted by molar-refractivity contribution is 7.90. The number of hydrogen-bond acceptors (Lipinski definition) is 5. The van der Waals surface area contributed by atoms with Crippen LogP contribution in [-0.4, -0.2) is 45.0 Å². The summed E-state index contributed by atoms with van der Waals surface area (Å²) in [5.41, 5.74) is 1.21. The van der Waals surface area contributed by atoms with Gasteiger partial charge in [0.1, 0.15) is 6.10 Å². The van der Waals surface area contributed by atoms with E-state index in [-0.39, 0.29) is 17.8 Å². The first-order valence-electron chi connectivity index (χ1n) is 11.5. The molecule has 1 amide bonds. The molecule has 0 aliphatic carbocycles. The second-order valence-electron chi connectivity index (χ2n) is 8.26. The Morgan fingerprint density at radius 3 is 2.15 bits per heavy atom. The zero-order valence-electron chi connectivity index (χ0n) is 19.2. The lowest BCUT2D eigenvalue weighted by atomic mass is 10.1. The van der Waals surface area contributed by atoms with Crippen LogP contribution in [0.25, 0.3) is 0 Å². The molecule has 0 bridgehead atoms. The van der Waals surface area contributed by atoms with Crippen molar-refractivity contribution in [2.24, 2.45) is 0 Å². The van der Waals surface area contributed by atoms with Gasteiger partial charge in [-0.25, -0.2) is 8.42 Å². The molecule has 0 N–H and O–H groups in total. The Labute approximate surface area is 201 Å². The Morgan fingerprint density at radius 2 is 1.50 bits per heavy atom. The Kier molecular flexibility index (Phi) is 7.53. The standard InChI is InChI=1S/C27H29NO5S/c1-2-32-25-10-6-7-11-26(25)33-23-16-18-28(19-17-23)27(29)22-14-12-21(13-15-22)20-34(30,31)24-8-4-3-5-9-24/h3-15,23H,2,16-20H2,1H3. The van der Waals surface area contributed by atoms with Crippen LogP contribution in [-0.2, 0) is 15.6 Å². The molecule has 0 unspecified atom stereocenters. The molecule has 3 aromatic carbocycles. The summed E-state index contributed by atoms with van der Waals surface area (Å²) in [6.07, 6.45) is 1.50. The van der Waals surface area contributed by atoms with Gasteiger partial charge in [0.25, 0.3) is 5.91 Å². The van der Waals surface area contributed by atoms with Crippen LogP contribution in [0.5, 0.6) is 11.5 Å². The molecule has 1 aliphatic rings. The van der Waals surface area contributed by atoms with Gasteiger partial charge in [0.15, 0.2) is 21.3 Å². The molecule has 1 fully saturated rings. The summed E-state index contributed by atoms with van der Waals surface area (Å²) in [5.74, 6) is 1.32. The lowest BCUT2D eigenvalue weighted by molar-refractivity contribution is 0.0589. The van der Waals surface area contributed by atoms with Crippen molar-refractivity contribution >= 4 is 15.7 Å². The Morgan fingerprint density at radius 1 is 0.882 bits per heavy atom. The molecule has 1 heterocycles. The van der Waals surface area contributed by atoms with Gasteiger partial charge in [0.05, 0.1) is 17.3 Å². The number of likely N-dealkylation sites (tertiary alicyclic amines) is 1. The molecule has 1 saturated heterocycles. The maximum Gasteiger partial charge on any atom is 0.253 e. The maximum atomic E-state index is 13.0. The molecule has 0 spiro atoms. The van der Waals surface area contributed by atoms with Gasteiger partial charge in [0, 0.05) is 31.5 Å². The van der Waals surface area contributed by atoms with Gasteiger partial charge >= 0.3 is 0 Å². The van der Waals surface area contributed by atoms with E-state index >= 15 is 0 Å². The number of sulfone groups is 1. The Hall–Kier alpha value is -3.32. The van der Waals surface area contributed by atoms with Gasteiger partial charge in [-0.2, -0.15) is 0 Å². The van der Waals surface area contributed by atoms with Gasteiger partial charge < -0.3 is 14.4 Å². The van der Waals surface area contributed by atoms with Gasteiger partial charge in [-0.15, -0.1) is 0 Å². The molecule has 0 atom stereocenters. The molecule has 0 saturated carbocycles. The summed E-state index contributed by atoms with van der Waals surface area (Å²) in [7, 11) is -3.42. The van der Waals surface area contributed by atoms with Crippen LogP contribution in [0.2, 0.25) is 0 Å². The quantitative estimate of drug-likeness (QED) is 0.467. The van der Waals surface area contributed by atoms with Crippen LogP contribution < -0.4 is 9.47 Å². The van der Waals surface area contributed by atoms with Crippen LogP contribution in [0.4, 0.5) is 0 Å². The largest absolute Gasteiger partial charge is 0.490 e. The molecule has 178 valence electrons. The highest BCUT2D eigenvalue weighted by Crippen LogP contribution is 2.29. The number of hydrogen-bond donors (Lipinski definition) is 0. The van der Waals surface area contributed by atoms with E-state index in [2.05, 4.69) is 0 Å². The van der Waals surface area contributed by atoms with Crippen molar-refractivity contribution < 1.29 is 22.7 Å². The number of carbonyl (C=O) groups excluding carboxylic acids is 1. The number of amides is 1. The molecule has 7 heteroatoms. The Bertz CT molecular complexity index is 1200. The van der Waals surface area contributed by atoms with Crippen molar-refractivity contribution in [2.45, 2.75) is 36.5 Å². The first-order valence-corrected chi connectivity index (χ1v) is 13.2. The van der Waals surface area contributed by atoms with E-state index in [4.69, 9.17) is 9.47 Å². The fraction of sp³-hybridized carbons (Fsp3) is 0.296. The van der Waals surface area contributed by atoms with E-state index in [0.29, 0.717) is 35.7 Å². The van der Waals surface area contributed by atoms with E-state index in [0.717, 1.165) is 24.3 Å². The van der Waals surface area contributed by atoms with Crippen molar-refractivity contribution in [1.82, 2.24) is 4.90 Å². The van der Waals surface area contributed by atoms with Crippen molar-refractivity contribution in [3.8, 4) is 11.5 Å². The number of ether oxygens (including phenoxy) is 2. The summed E-state index contributed by atoms with van der Waals surface area (Å²) in [6, 6.07) is 22.9. The van der Waals surface area contributed by atoms with Crippen LogP contribution in [0, 0.1) is 0 Å². The number of piperidine rings is 1. The van der Waals surface area contributed by atoms with Crippen molar-refractivity contribution in [2.75, 3.05) is 19.7 Å². The smallest absolute Gasteiger partial charge is 0.253 e. The first kappa shape index (κ1) is 23.8. The lowest BCUT2D eigenvalue weighted by Gasteiger charge is -2.32. The summed E-state index contributed by atoms with van der Waals surface area (Å²) in [6.45, 7) is 3.72. The first-order chi connectivity index (χ1) is 16.5. The number of rotatable bonds is 8. The molecule has 34 heavy (non-hydrogen) atoms. The van der Waals surface area contributed by atoms with Gasteiger partial charge in [-0.3, -0.25) is 4.79 Å². The number of para-hydroxylation sites is 2. The van der Waals surface area contributed by atoms with Gasteiger partial charge in [-0.1, -0.05) is 42.5 Å². The van der Waals surface area contributed by atoms with E-state index in [1.165, 1.54) is 0 Å². The van der Waals surface area contributed by atoms with E-state index in [1.807, 2.05) is 36.1 Å². The highest BCUT2D eigenvalue weighted by atomic mass is 32.2. The SMILES string of the molecule is CCOc1ccccc1OC1CCN(C(=O)c2ccc(CS(=O)(=O)c3ccccc3)cc2)CC1. The zero-order valence-corrected chi connectivity index (χ0v) is 20.0. The number of benzene rings is 3. The van der Waals surface area contributed by atoms with Crippen LogP contribution in [0.15, 0.2) is 83.8 Å². The average molecular weight is 480 g/mol. The molecule has 3 aromatic rings. The van der Waals surface area contributed by atoms with Crippen LogP contribution in [0.3, 0.4) is 0 Å². The predicted octanol–water partition coefficient (Wildman–Crippen LogP) is 4.74. The monoisotopic (exact) mass is 479 g/mol. The molecular weight excluding hydrogens is 450 g/mol. The summed E-state index contributed by atoms with van der Waals surface area (Å²) in [5, 5.41) is 0. The van der Waals surface area contributed by atoms with E-state index < -0.39 is 9.84 Å². The summed E-state index contributed by atoms with van der Waals surface area (Å²) >= 11 is 0. The second kappa shape index (κ2) is 10.7. The van der Waals surface area contributed by atoms with Crippen LogP contribution in [0.1, 0.15) is 35.7 Å². The highest BCUT2D eigenvalue weighted by Gasteiger charge is 2.25. The summed E-state index contributed by atoms with van der Waals surface area (Å²) < 4.78 is 37.0. The van der Waals surface area contributed by atoms with E-state index in [9.17, 15) is 13.2 Å². The third-order valence-corrected chi connectivity index (χ3v) is 7.54. The van der Waals surface area contributed by atoms with Crippen molar-refractivity contribution in [3.63, 3.8) is 0 Å². The minimum atomic E-state index is -3.42. The fourth-order valence-electron chi connectivity index (χ4n) is 4.04. The average Bonchev–Trinajstić information content (AvgIpc) is 2.86. The molecule has 0 aromatic heterocycles. The van der Waals surface area contributed by atoms with Crippen LogP contribution >= 0.6 is 0 Å². The zero-order chi connectivity index (χ0) is 24.0. The summed E-state index contributed by atoms with van der Waals surface area (Å²) in [4.78, 5) is 15.1. The predicted molar refractivity (Wildman–Crippen MR) is 131 cm³/mol. The molecular formula is C27H29NO5S. The lowest BCUT2D eigenvalue weighted by Crippen LogP contribution is -2.41. The van der Waals surface area contributed by atoms with Gasteiger partial charge in [0.2, 0.25) is 0 Å². The third kappa shape index (κ3) is 5.78. The minimum absolute atomic E-state index is 0.0243.